The summed E-state index contributed by atoms with van der Waals surface area (Å²) >= 11 is 0. The smallest absolute Gasteiger partial charge is 0.148 e. The number of nitrogens with one attached hydrogen (secondary N) is 1. The van der Waals surface area contributed by atoms with Crippen LogP contribution >= 0.6 is 0 Å². The van der Waals surface area contributed by atoms with Crippen molar-refractivity contribution in [3.05, 3.63) is 39.6 Å². The van der Waals surface area contributed by atoms with Gasteiger partial charge in [-0.05, 0) is 61.8 Å². The van der Waals surface area contributed by atoms with E-state index in [2.05, 4.69) is 44.3 Å². The Bertz CT molecular complexity index is 878. The summed E-state index contributed by atoms with van der Waals surface area (Å²) in [5.41, 5.74) is 5.89. The second-order valence-electron chi connectivity index (χ2n) is 7.59. The molecular weight excluding hydrogens is 364 g/mol. The van der Waals surface area contributed by atoms with Crippen molar-refractivity contribution in [1.82, 2.24) is 9.97 Å². The van der Waals surface area contributed by atoms with E-state index in [1.165, 1.54) is 0 Å². The lowest BCUT2D eigenvalue weighted by Crippen LogP contribution is -2.20. The van der Waals surface area contributed by atoms with Crippen LogP contribution in [-0.2, 0) is 19.3 Å². The first-order valence-electron chi connectivity index (χ1n) is 10.8. The largest absolute Gasteiger partial charge is 0.496 e. The zero-order chi connectivity index (χ0) is 21.0. The van der Waals surface area contributed by atoms with E-state index in [9.17, 15) is 4.91 Å². The Hall–Kier alpha value is -2.50. The molecule has 1 N–H and O–H groups in total. The van der Waals surface area contributed by atoms with Gasteiger partial charge >= 0.3 is 0 Å². The van der Waals surface area contributed by atoms with Gasteiger partial charge in [-0.3, -0.25) is 0 Å². The maximum atomic E-state index is 11.2. The Kier molecular flexibility index (Phi) is 6.83. The zero-order valence-corrected chi connectivity index (χ0v) is 18.2. The SMILES string of the molecule is CCc1nc(-c2cc3c(cc2OC)C(N=O)CC3)c(CC)nc1NC(CC)CC. The standard InChI is InChI=1S/C23H32N4O2/c1-6-15(7-2)24-23-19(9-4)25-22(18(8-3)26-23)17-12-14-10-11-20(27-28)16(14)13-21(17)29-5/h12-13,15,20H,6-11H2,1-5H3,(H,24,26). The molecule has 0 radical (unpaired) electrons. The molecule has 1 aliphatic rings. The van der Waals surface area contributed by atoms with Gasteiger partial charge in [0.2, 0.25) is 0 Å². The van der Waals surface area contributed by atoms with Crippen LogP contribution in [0.2, 0.25) is 0 Å². The summed E-state index contributed by atoms with van der Waals surface area (Å²) in [6.07, 6.45) is 5.30. The number of aryl methyl sites for hydroxylation is 3. The first-order valence-corrected chi connectivity index (χ1v) is 10.8. The molecule has 156 valence electrons. The molecule has 0 saturated carbocycles. The molecule has 0 amide bonds. The zero-order valence-electron chi connectivity index (χ0n) is 18.2. The Morgan fingerprint density at radius 1 is 1.14 bits per heavy atom. The van der Waals surface area contributed by atoms with Gasteiger partial charge in [-0.25, -0.2) is 9.97 Å². The maximum Gasteiger partial charge on any atom is 0.148 e. The molecule has 0 spiro atoms. The summed E-state index contributed by atoms with van der Waals surface area (Å²) in [6, 6.07) is 4.21. The first kappa shape index (κ1) is 21.2. The minimum Gasteiger partial charge on any atom is -0.496 e. The molecule has 0 saturated heterocycles. The van der Waals surface area contributed by atoms with Crippen molar-refractivity contribution in [3.8, 4) is 17.0 Å². The maximum absolute atomic E-state index is 11.2. The number of anilines is 1. The first-order chi connectivity index (χ1) is 14.1. The van der Waals surface area contributed by atoms with E-state index in [1.54, 1.807) is 7.11 Å². The van der Waals surface area contributed by atoms with Crippen LogP contribution < -0.4 is 10.1 Å². The molecule has 1 aromatic heterocycles. The van der Waals surface area contributed by atoms with Crippen LogP contribution in [0.5, 0.6) is 5.75 Å². The van der Waals surface area contributed by atoms with E-state index >= 15 is 0 Å². The predicted octanol–water partition coefficient (Wildman–Crippen LogP) is 5.63. The topological polar surface area (TPSA) is 76.5 Å². The van der Waals surface area contributed by atoms with E-state index in [-0.39, 0.29) is 6.04 Å². The van der Waals surface area contributed by atoms with Crippen molar-refractivity contribution in [2.75, 3.05) is 12.4 Å². The fourth-order valence-corrected chi connectivity index (χ4v) is 4.09. The lowest BCUT2D eigenvalue weighted by Gasteiger charge is -2.20. The number of ether oxygens (including phenoxy) is 1. The van der Waals surface area contributed by atoms with Gasteiger partial charge in [0, 0.05) is 11.6 Å². The third kappa shape index (κ3) is 4.11. The number of fused-ring (bicyclic) bond motifs is 1. The number of methoxy groups -OCH3 is 1. The van der Waals surface area contributed by atoms with Gasteiger partial charge in [0.25, 0.3) is 0 Å². The van der Waals surface area contributed by atoms with Crippen molar-refractivity contribution in [2.45, 2.75) is 78.3 Å². The summed E-state index contributed by atoms with van der Waals surface area (Å²) in [5.74, 6) is 1.62. The van der Waals surface area contributed by atoms with E-state index in [4.69, 9.17) is 14.7 Å². The summed E-state index contributed by atoms with van der Waals surface area (Å²) < 4.78 is 5.69. The Morgan fingerprint density at radius 3 is 2.45 bits per heavy atom. The molecule has 1 aromatic carbocycles. The summed E-state index contributed by atoms with van der Waals surface area (Å²) in [6.45, 7) is 8.59. The van der Waals surface area contributed by atoms with E-state index < -0.39 is 0 Å². The lowest BCUT2D eigenvalue weighted by molar-refractivity contribution is 0.415. The molecule has 2 aromatic rings. The number of rotatable bonds is 9. The highest BCUT2D eigenvalue weighted by molar-refractivity contribution is 5.72. The van der Waals surface area contributed by atoms with Crippen molar-refractivity contribution in [3.63, 3.8) is 0 Å². The third-order valence-corrected chi connectivity index (χ3v) is 5.93. The molecule has 0 aliphatic heterocycles. The van der Waals surface area contributed by atoms with Gasteiger partial charge in [0.15, 0.2) is 0 Å². The normalized spacial score (nSPS) is 15.4. The number of benzene rings is 1. The van der Waals surface area contributed by atoms with Crippen molar-refractivity contribution >= 4 is 5.82 Å². The highest BCUT2D eigenvalue weighted by Crippen LogP contribution is 2.42. The number of hydrogen-bond donors (Lipinski definition) is 1. The van der Waals surface area contributed by atoms with E-state index in [0.29, 0.717) is 6.04 Å². The lowest BCUT2D eigenvalue weighted by atomic mass is 9.99. The minimum absolute atomic E-state index is 0.275. The average molecular weight is 397 g/mol. The summed E-state index contributed by atoms with van der Waals surface area (Å²) in [4.78, 5) is 21.2. The molecule has 0 fully saturated rings. The summed E-state index contributed by atoms with van der Waals surface area (Å²) in [5, 5.41) is 6.86. The van der Waals surface area contributed by atoms with Gasteiger partial charge in [0.1, 0.15) is 17.6 Å². The molecule has 1 atom stereocenters. The number of nitroso groups, excluding NO2 is 1. The van der Waals surface area contributed by atoms with Gasteiger partial charge in [0.05, 0.1) is 24.2 Å². The van der Waals surface area contributed by atoms with E-state index in [0.717, 1.165) is 83.9 Å². The fraction of sp³-hybridized carbons (Fsp3) is 0.565. The van der Waals surface area contributed by atoms with Crippen LogP contribution in [0.3, 0.4) is 0 Å². The fourth-order valence-electron chi connectivity index (χ4n) is 4.09. The van der Waals surface area contributed by atoms with Crippen LogP contribution in [0.1, 0.15) is 75.5 Å². The van der Waals surface area contributed by atoms with Crippen LogP contribution in [0.4, 0.5) is 5.82 Å². The minimum atomic E-state index is -0.275. The highest BCUT2D eigenvalue weighted by atomic mass is 16.5. The van der Waals surface area contributed by atoms with Crippen molar-refractivity contribution in [2.24, 2.45) is 5.18 Å². The number of hydrogen-bond acceptors (Lipinski definition) is 6. The molecule has 29 heavy (non-hydrogen) atoms. The van der Waals surface area contributed by atoms with Crippen LogP contribution in [0.25, 0.3) is 11.3 Å². The van der Waals surface area contributed by atoms with Gasteiger partial charge in [-0.15, -0.1) is 0 Å². The molecule has 6 nitrogen and oxygen atoms in total. The van der Waals surface area contributed by atoms with E-state index in [1.807, 2.05) is 6.07 Å². The summed E-state index contributed by atoms with van der Waals surface area (Å²) in [7, 11) is 1.66. The molecule has 6 heteroatoms. The average Bonchev–Trinajstić information content (AvgIpc) is 3.17. The van der Waals surface area contributed by atoms with Crippen molar-refractivity contribution in [1.29, 1.82) is 0 Å². The van der Waals surface area contributed by atoms with Crippen LogP contribution in [0, 0.1) is 4.91 Å². The second-order valence-corrected chi connectivity index (χ2v) is 7.59. The second kappa shape index (κ2) is 9.33. The molecule has 1 aliphatic carbocycles. The van der Waals surface area contributed by atoms with Gasteiger partial charge in [-0.1, -0.05) is 32.9 Å². The Balaban J connectivity index is 2.12. The molecule has 1 unspecified atom stereocenters. The van der Waals surface area contributed by atoms with Crippen LogP contribution in [-0.4, -0.2) is 23.1 Å². The number of nitrogens with zero attached hydrogens (tertiary/aromatic N) is 3. The molecular formula is C23H32N4O2. The van der Waals surface area contributed by atoms with Gasteiger partial charge in [-0.2, -0.15) is 4.91 Å². The number of aromatic nitrogens is 2. The monoisotopic (exact) mass is 396 g/mol. The van der Waals surface area contributed by atoms with Crippen LogP contribution in [0.15, 0.2) is 17.3 Å². The predicted molar refractivity (Wildman–Crippen MR) is 118 cm³/mol. The molecule has 3 rings (SSSR count). The Morgan fingerprint density at radius 2 is 1.86 bits per heavy atom. The molecule has 0 bridgehead atoms. The van der Waals surface area contributed by atoms with Gasteiger partial charge < -0.3 is 10.1 Å². The molecule has 1 heterocycles. The third-order valence-electron chi connectivity index (χ3n) is 5.93. The van der Waals surface area contributed by atoms with Crippen molar-refractivity contribution < 1.29 is 4.74 Å². The Labute approximate surface area is 173 Å². The highest BCUT2D eigenvalue weighted by Gasteiger charge is 2.27. The quantitative estimate of drug-likeness (QED) is 0.556.